The van der Waals surface area contributed by atoms with E-state index >= 15 is 0 Å². The van der Waals surface area contributed by atoms with Crippen molar-refractivity contribution in [1.82, 2.24) is 10.3 Å². The fraction of sp³-hybridized carbons (Fsp3) is 0.757. The molecule has 4 unspecified atom stereocenters. The Balaban J connectivity index is 1.30. The molecule has 1 aromatic rings. The Labute approximate surface area is 248 Å². The van der Waals surface area contributed by atoms with Gasteiger partial charge in [0.2, 0.25) is 5.91 Å². The summed E-state index contributed by atoms with van der Waals surface area (Å²) in [6.45, 7) is 19.7. The number of hydrogen-bond acceptors (Lipinski definition) is 3. The average molecular weight is 559 g/mol. The van der Waals surface area contributed by atoms with Gasteiger partial charge in [-0.05, 0) is 123 Å². The van der Waals surface area contributed by atoms with Gasteiger partial charge in [-0.3, -0.25) is 14.6 Å². The van der Waals surface area contributed by atoms with Gasteiger partial charge in [0.25, 0.3) is 0 Å². The quantitative estimate of drug-likeness (QED) is 0.373. The largest absolute Gasteiger partial charge is 0.355 e. The van der Waals surface area contributed by atoms with Gasteiger partial charge in [-0.1, -0.05) is 52.8 Å². The van der Waals surface area contributed by atoms with Crippen LogP contribution in [0.15, 0.2) is 36.5 Å². The zero-order chi connectivity index (χ0) is 29.4. The number of aromatic nitrogens is 1. The first-order chi connectivity index (χ1) is 19.3. The molecule has 0 spiro atoms. The SMILES string of the molecule is C=C(C)[C@@H]1CC[C@]2(C(=O)NCCc3ccccn3)CC[C@]3(C)C(CCC4C5(C)CCC(=O)C(C)(C)C5CC[C@]43C)[C@@H]12. The van der Waals surface area contributed by atoms with Gasteiger partial charge in [-0.25, -0.2) is 0 Å². The monoisotopic (exact) mass is 558 g/mol. The summed E-state index contributed by atoms with van der Waals surface area (Å²) in [6.07, 6.45) is 13.5. The molecule has 1 aromatic heterocycles. The molecule has 0 saturated heterocycles. The zero-order valence-corrected chi connectivity index (χ0v) is 26.7. The molecular weight excluding hydrogens is 504 g/mol. The fourth-order valence-electron chi connectivity index (χ4n) is 12.4. The lowest BCUT2D eigenvalue weighted by atomic mass is 9.32. The predicted octanol–water partition coefficient (Wildman–Crippen LogP) is 7.97. The first-order valence-electron chi connectivity index (χ1n) is 16.7. The number of carbonyl (C=O) groups excluding carboxylic acids is 2. The maximum Gasteiger partial charge on any atom is 0.226 e. The minimum atomic E-state index is -0.276. The summed E-state index contributed by atoms with van der Waals surface area (Å²) < 4.78 is 0. The van der Waals surface area contributed by atoms with Gasteiger partial charge in [0.15, 0.2) is 0 Å². The van der Waals surface area contributed by atoms with Crippen molar-refractivity contribution in [3.8, 4) is 0 Å². The van der Waals surface area contributed by atoms with Gasteiger partial charge < -0.3 is 5.32 Å². The standard InChI is InChI=1S/C37H54N2O2/c1-24(2)26-13-19-37(32(41)39-23-16-25-10-8-9-22-38-25)21-20-35(6)27(31(26)37)11-12-29-34(5)17-15-30(40)33(3,4)28(34)14-18-36(29,35)7/h8-10,22,26-29,31H,1,11-21,23H2,2-7H3,(H,39,41)/t26-,27?,28?,29?,31+,34?,35+,36+,37-/m0/s1. The number of Topliss-reactive ketones (excluding diaryl/α,β-unsaturated/α-hetero) is 1. The number of nitrogens with one attached hydrogen (secondary N) is 1. The maximum atomic E-state index is 14.2. The zero-order valence-electron chi connectivity index (χ0n) is 26.7. The highest BCUT2D eigenvalue weighted by Gasteiger charge is 2.71. The van der Waals surface area contributed by atoms with Crippen molar-refractivity contribution < 1.29 is 9.59 Å². The summed E-state index contributed by atoms with van der Waals surface area (Å²) in [7, 11) is 0. The fourth-order valence-corrected chi connectivity index (χ4v) is 12.4. The van der Waals surface area contributed by atoms with E-state index in [0.29, 0.717) is 47.8 Å². The molecule has 0 bridgehead atoms. The molecule has 4 heteroatoms. The summed E-state index contributed by atoms with van der Waals surface area (Å²) in [5.74, 6) is 3.25. The summed E-state index contributed by atoms with van der Waals surface area (Å²) in [5.41, 5.74) is 2.49. The van der Waals surface area contributed by atoms with Crippen LogP contribution in [0.5, 0.6) is 0 Å². The van der Waals surface area contributed by atoms with Gasteiger partial charge >= 0.3 is 0 Å². The summed E-state index contributed by atoms with van der Waals surface area (Å²) in [4.78, 5) is 31.8. The van der Waals surface area contributed by atoms with E-state index < -0.39 is 0 Å². The van der Waals surface area contributed by atoms with Crippen LogP contribution in [0.1, 0.15) is 111 Å². The van der Waals surface area contributed by atoms with Crippen LogP contribution in [0, 0.1) is 56.7 Å². The molecule has 41 heavy (non-hydrogen) atoms. The first-order valence-corrected chi connectivity index (χ1v) is 16.7. The number of carbonyl (C=O) groups is 2. The number of pyridine rings is 1. The predicted molar refractivity (Wildman–Crippen MR) is 165 cm³/mol. The van der Waals surface area contributed by atoms with E-state index in [1.165, 1.54) is 24.8 Å². The van der Waals surface area contributed by atoms with Crippen molar-refractivity contribution >= 4 is 11.7 Å². The van der Waals surface area contributed by atoms with E-state index in [9.17, 15) is 9.59 Å². The Kier molecular flexibility index (Phi) is 6.94. The highest BCUT2D eigenvalue weighted by atomic mass is 16.2. The maximum absolute atomic E-state index is 14.2. The normalized spacial score (nSPS) is 44.6. The van der Waals surface area contributed by atoms with E-state index in [1.54, 1.807) is 0 Å². The second kappa shape index (κ2) is 9.78. The van der Waals surface area contributed by atoms with Crippen molar-refractivity contribution in [2.75, 3.05) is 6.54 Å². The van der Waals surface area contributed by atoms with E-state index in [0.717, 1.165) is 57.1 Å². The van der Waals surface area contributed by atoms with Crippen LogP contribution in [-0.2, 0) is 16.0 Å². The molecule has 1 heterocycles. The number of hydrogen-bond donors (Lipinski definition) is 1. The molecule has 1 N–H and O–H groups in total. The number of rotatable bonds is 5. The number of nitrogens with zero attached hydrogens (tertiary/aromatic N) is 1. The number of amides is 1. The summed E-state index contributed by atoms with van der Waals surface area (Å²) in [5, 5.41) is 3.41. The van der Waals surface area contributed by atoms with Crippen molar-refractivity contribution in [3.05, 3.63) is 42.2 Å². The van der Waals surface area contributed by atoms with E-state index in [-0.39, 0.29) is 27.1 Å². The van der Waals surface area contributed by atoms with Crippen LogP contribution in [0.3, 0.4) is 0 Å². The molecule has 5 aliphatic rings. The average Bonchev–Trinajstić information content (AvgIpc) is 3.33. The van der Waals surface area contributed by atoms with E-state index in [2.05, 4.69) is 58.4 Å². The van der Waals surface area contributed by atoms with Crippen molar-refractivity contribution in [2.24, 2.45) is 56.7 Å². The van der Waals surface area contributed by atoms with Crippen molar-refractivity contribution in [2.45, 2.75) is 112 Å². The van der Waals surface area contributed by atoms with Crippen LogP contribution in [0.4, 0.5) is 0 Å². The molecule has 0 aliphatic heterocycles. The van der Waals surface area contributed by atoms with Crippen LogP contribution in [0.2, 0.25) is 0 Å². The van der Waals surface area contributed by atoms with Crippen LogP contribution < -0.4 is 5.32 Å². The Morgan fingerprint density at radius 3 is 2.44 bits per heavy atom. The highest BCUT2D eigenvalue weighted by molar-refractivity contribution is 5.85. The smallest absolute Gasteiger partial charge is 0.226 e. The lowest BCUT2D eigenvalue weighted by Gasteiger charge is -2.72. The lowest BCUT2D eigenvalue weighted by Crippen LogP contribution is -2.67. The molecule has 0 aromatic carbocycles. The van der Waals surface area contributed by atoms with Gasteiger partial charge in [0, 0.05) is 36.7 Å². The minimum Gasteiger partial charge on any atom is -0.355 e. The van der Waals surface area contributed by atoms with Crippen molar-refractivity contribution in [1.29, 1.82) is 0 Å². The third-order valence-electron chi connectivity index (χ3n) is 14.7. The molecule has 6 rings (SSSR count). The Morgan fingerprint density at radius 2 is 1.73 bits per heavy atom. The van der Waals surface area contributed by atoms with Gasteiger partial charge in [0.1, 0.15) is 5.78 Å². The number of allylic oxidation sites excluding steroid dienone is 1. The molecule has 5 saturated carbocycles. The number of ketones is 1. The molecule has 5 aliphatic carbocycles. The third kappa shape index (κ3) is 4.00. The molecule has 9 atom stereocenters. The Morgan fingerprint density at radius 1 is 0.951 bits per heavy atom. The van der Waals surface area contributed by atoms with Gasteiger partial charge in [0.05, 0.1) is 5.41 Å². The molecule has 5 fully saturated rings. The van der Waals surface area contributed by atoms with Gasteiger partial charge in [-0.2, -0.15) is 0 Å². The summed E-state index contributed by atoms with van der Waals surface area (Å²) in [6, 6.07) is 6.01. The van der Waals surface area contributed by atoms with Crippen molar-refractivity contribution in [3.63, 3.8) is 0 Å². The molecule has 1 amide bonds. The van der Waals surface area contributed by atoms with Gasteiger partial charge in [-0.15, -0.1) is 0 Å². The van der Waals surface area contributed by atoms with Crippen LogP contribution in [-0.4, -0.2) is 23.2 Å². The third-order valence-corrected chi connectivity index (χ3v) is 14.7. The van der Waals surface area contributed by atoms with Crippen LogP contribution >= 0.6 is 0 Å². The minimum absolute atomic E-state index is 0.204. The van der Waals surface area contributed by atoms with E-state index in [1.807, 2.05) is 24.4 Å². The van der Waals surface area contributed by atoms with Crippen LogP contribution in [0.25, 0.3) is 0 Å². The summed E-state index contributed by atoms with van der Waals surface area (Å²) >= 11 is 0. The molecular formula is C37H54N2O2. The van der Waals surface area contributed by atoms with E-state index in [4.69, 9.17) is 0 Å². The Hall–Kier alpha value is -1.97. The lowest BCUT2D eigenvalue weighted by molar-refractivity contribution is -0.233. The molecule has 224 valence electrons. The number of fused-ring (bicyclic) bond motifs is 7. The topological polar surface area (TPSA) is 59.1 Å². The molecule has 0 radical (unpaired) electrons. The Bertz CT molecular complexity index is 1220. The second-order valence-corrected chi connectivity index (χ2v) is 16.3. The molecule has 4 nitrogen and oxygen atoms in total. The first kappa shape index (κ1) is 29.1. The second-order valence-electron chi connectivity index (χ2n) is 16.3. The highest BCUT2D eigenvalue weighted by Crippen LogP contribution is 2.77.